The SMILES string of the molecule is NC(=O)OC(=O)C(C/C(=N/O)OC(N)=O)S(=O)(=O)O. The fourth-order valence-electron chi connectivity index (χ4n) is 0.853. The first kappa shape index (κ1) is 16.6. The minimum absolute atomic E-state index is 1.00. The molecule has 0 aromatic carbocycles. The number of hydrogen-bond acceptors (Lipinski definition) is 9. The summed E-state index contributed by atoms with van der Waals surface area (Å²) in [5.41, 5.74) is 9.03. The van der Waals surface area contributed by atoms with Crippen LogP contribution in [0.25, 0.3) is 0 Å². The van der Waals surface area contributed by atoms with Crippen LogP contribution >= 0.6 is 0 Å². The minimum Gasteiger partial charge on any atom is -0.408 e. The first-order chi connectivity index (χ1) is 8.57. The molecule has 0 spiro atoms. The Labute approximate surface area is 105 Å². The predicted molar refractivity (Wildman–Crippen MR) is 55.5 cm³/mol. The van der Waals surface area contributed by atoms with Crippen LogP contribution in [0.1, 0.15) is 6.42 Å². The molecule has 1 unspecified atom stereocenters. The summed E-state index contributed by atoms with van der Waals surface area (Å²) in [5.74, 6) is -2.76. The van der Waals surface area contributed by atoms with Crippen LogP contribution in [0.3, 0.4) is 0 Å². The quantitative estimate of drug-likeness (QED) is 0.0870. The molecular formula is C6H9N3O9S. The molecule has 0 fully saturated rings. The molecule has 1 atom stereocenters. The maximum atomic E-state index is 11.2. The zero-order chi connectivity index (χ0) is 15.2. The van der Waals surface area contributed by atoms with Gasteiger partial charge in [-0.1, -0.05) is 5.16 Å². The van der Waals surface area contributed by atoms with Gasteiger partial charge in [0.15, 0.2) is 5.25 Å². The van der Waals surface area contributed by atoms with E-state index in [-0.39, 0.29) is 0 Å². The van der Waals surface area contributed by atoms with E-state index >= 15 is 0 Å². The lowest BCUT2D eigenvalue weighted by Gasteiger charge is -2.11. The Morgan fingerprint density at radius 1 is 1.16 bits per heavy atom. The van der Waals surface area contributed by atoms with Crippen molar-refractivity contribution < 1.29 is 42.0 Å². The Morgan fingerprint density at radius 2 is 1.63 bits per heavy atom. The number of amides is 2. The van der Waals surface area contributed by atoms with Crippen molar-refractivity contribution in [1.82, 2.24) is 0 Å². The van der Waals surface area contributed by atoms with Crippen molar-refractivity contribution >= 4 is 34.2 Å². The highest BCUT2D eigenvalue weighted by molar-refractivity contribution is 7.87. The van der Waals surface area contributed by atoms with Crippen LogP contribution in [0.4, 0.5) is 9.59 Å². The lowest BCUT2D eigenvalue weighted by atomic mass is 10.3. The molecule has 0 saturated carbocycles. The molecule has 0 aromatic heterocycles. The fourth-order valence-corrected chi connectivity index (χ4v) is 1.50. The molecule has 0 heterocycles. The van der Waals surface area contributed by atoms with Crippen LogP contribution < -0.4 is 11.5 Å². The molecule has 0 aromatic rings. The predicted octanol–water partition coefficient (Wildman–Crippen LogP) is -1.86. The van der Waals surface area contributed by atoms with Crippen molar-refractivity contribution in [2.45, 2.75) is 11.7 Å². The number of oxime groups is 1. The monoisotopic (exact) mass is 299 g/mol. The number of hydrogen-bond donors (Lipinski definition) is 4. The summed E-state index contributed by atoms with van der Waals surface area (Å²) < 4.78 is 38.3. The van der Waals surface area contributed by atoms with E-state index in [1.165, 1.54) is 0 Å². The second-order valence-corrected chi connectivity index (χ2v) is 4.46. The normalized spacial score (nSPS) is 13.4. The highest BCUT2D eigenvalue weighted by Gasteiger charge is 2.36. The van der Waals surface area contributed by atoms with Gasteiger partial charge in [0.2, 0.25) is 5.90 Å². The number of esters is 1. The molecule has 0 radical (unpaired) electrons. The third kappa shape index (κ3) is 6.18. The lowest BCUT2D eigenvalue weighted by molar-refractivity contribution is -0.136. The average Bonchev–Trinajstić information content (AvgIpc) is 2.20. The Bertz CT molecular complexity index is 510. The van der Waals surface area contributed by atoms with Gasteiger partial charge in [0.05, 0.1) is 6.42 Å². The van der Waals surface area contributed by atoms with Gasteiger partial charge in [0, 0.05) is 0 Å². The second-order valence-electron chi connectivity index (χ2n) is 2.86. The number of ether oxygens (including phenoxy) is 2. The van der Waals surface area contributed by atoms with Crippen molar-refractivity contribution in [1.29, 1.82) is 0 Å². The molecule has 0 bridgehead atoms. The van der Waals surface area contributed by atoms with E-state index in [4.69, 9.17) is 9.76 Å². The Hall–Kier alpha value is -2.41. The smallest absolute Gasteiger partial charge is 0.408 e. The van der Waals surface area contributed by atoms with E-state index in [9.17, 15) is 22.8 Å². The summed E-state index contributed by atoms with van der Waals surface area (Å²) in [6.45, 7) is 0. The molecule has 0 saturated heterocycles. The van der Waals surface area contributed by atoms with Crippen LogP contribution in [0.2, 0.25) is 0 Å². The molecule has 12 nitrogen and oxygen atoms in total. The summed E-state index contributed by atoms with van der Waals surface area (Å²) in [5, 5.41) is 8.33. The number of carbonyl (C=O) groups excluding carboxylic acids is 3. The molecule has 0 rings (SSSR count). The Balaban J connectivity index is 5.14. The van der Waals surface area contributed by atoms with Gasteiger partial charge in [0.25, 0.3) is 10.1 Å². The van der Waals surface area contributed by atoms with Crippen LogP contribution in [0, 0.1) is 0 Å². The van der Waals surface area contributed by atoms with Gasteiger partial charge in [-0.05, 0) is 0 Å². The Morgan fingerprint density at radius 3 is 1.95 bits per heavy atom. The molecule has 0 aliphatic rings. The third-order valence-corrected chi connectivity index (χ3v) is 2.59. The summed E-state index contributed by atoms with van der Waals surface area (Å²) in [6.07, 6.45) is -4.22. The molecule has 19 heavy (non-hydrogen) atoms. The summed E-state index contributed by atoms with van der Waals surface area (Å²) >= 11 is 0. The fraction of sp³-hybridized carbons (Fsp3) is 0.333. The van der Waals surface area contributed by atoms with Gasteiger partial charge < -0.3 is 26.1 Å². The van der Waals surface area contributed by atoms with E-state index in [2.05, 4.69) is 26.1 Å². The number of rotatable bonds is 4. The topological polar surface area (TPSA) is 209 Å². The van der Waals surface area contributed by atoms with Gasteiger partial charge in [-0.3, -0.25) is 4.55 Å². The molecule has 108 valence electrons. The van der Waals surface area contributed by atoms with Crippen molar-refractivity contribution in [2.24, 2.45) is 16.6 Å². The first-order valence-electron chi connectivity index (χ1n) is 4.23. The maximum Gasteiger partial charge on any atom is 0.412 e. The van der Waals surface area contributed by atoms with Crippen molar-refractivity contribution in [3.8, 4) is 0 Å². The Kier molecular flexibility index (Phi) is 5.68. The van der Waals surface area contributed by atoms with Crippen LogP contribution in [0.15, 0.2) is 5.16 Å². The van der Waals surface area contributed by atoms with Gasteiger partial charge in [-0.2, -0.15) is 8.42 Å². The van der Waals surface area contributed by atoms with Gasteiger partial charge >= 0.3 is 18.2 Å². The number of nitrogens with zero attached hydrogens (tertiary/aromatic N) is 1. The first-order valence-corrected chi connectivity index (χ1v) is 5.74. The average molecular weight is 299 g/mol. The molecular weight excluding hydrogens is 290 g/mol. The molecule has 0 aliphatic heterocycles. The van der Waals surface area contributed by atoms with Crippen molar-refractivity contribution in [3.63, 3.8) is 0 Å². The van der Waals surface area contributed by atoms with Crippen molar-refractivity contribution in [3.05, 3.63) is 0 Å². The summed E-state index contributed by atoms with van der Waals surface area (Å²) in [4.78, 5) is 31.8. The lowest BCUT2D eigenvalue weighted by Crippen LogP contribution is -2.37. The number of primary amides is 2. The zero-order valence-corrected chi connectivity index (χ0v) is 9.86. The van der Waals surface area contributed by atoms with Crippen molar-refractivity contribution in [2.75, 3.05) is 0 Å². The van der Waals surface area contributed by atoms with Gasteiger partial charge in [0.1, 0.15) is 0 Å². The van der Waals surface area contributed by atoms with Crippen LogP contribution in [-0.2, 0) is 24.4 Å². The third-order valence-electron chi connectivity index (χ3n) is 1.51. The van der Waals surface area contributed by atoms with E-state index in [0.29, 0.717) is 0 Å². The van der Waals surface area contributed by atoms with Crippen LogP contribution in [-0.4, -0.2) is 47.5 Å². The minimum atomic E-state index is -5.06. The highest BCUT2D eigenvalue weighted by atomic mass is 32.2. The maximum absolute atomic E-state index is 11.2. The number of nitrogens with two attached hydrogens (primary N) is 2. The summed E-state index contributed by atoms with van der Waals surface area (Å²) in [7, 11) is -5.06. The van der Waals surface area contributed by atoms with Gasteiger partial charge in [-0.25, -0.2) is 14.4 Å². The molecule has 13 heteroatoms. The van der Waals surface area contributed by atoms with E-state index in [1.54, 1.807) is 0 Å². The standard InChI is InChI=1S/C6H9N3O9S/c7-5(11)17-3(9-13)1-2(19(14,15)16)4(10)18-6(8)12/h2,13H,1H2,(H2,7,11)(H2,8,12)(H,14,15,16)/b9-3-. The summed E-state index contributed by atoms with van der Waals surface area (Å²) in [6, 6.07) is 0. The molecule has 6 N–H and O–H groups in total. The number of carbonyl (C=O) groups is 3. The van der Waals surface area contributed by atoms with E-state index in [1.807, 2.05) is 0 Å². The second kappa shape index (κ2) is 6.50. The van der Waals surface area contributed by atoms with Crippen LogP contribution in [0.5, 0.6) is 0 Å². The molecule has 2 amide bonds. The highest BCUT2D eigenvalue weighted by Crippen LogP contribution is 2.09. The molecule has 0 aliphatic carbocycles. The van der Waals surface area contributed by atoms with Gasteiger partial charge in [-0.15, -0.1) is 0 Å². The van der Waals surface area contributed by atoms with E-state index in [0.717, 1.165) is 0 Å². The van der Waals surface area contributed by atoms with E-state index < -0.39 is 45.8 Å². The zero-order valence-electron chi connectivity index (χ0n) is 9.05. The largest absolute Gasteiger partial charge is 0.412 e.